The molecule has 3 rings (SSSR count). The van der Waals surface area contributed by atoms with E-state index in [1.807, 2.05) is 12.3 Å². The molecule has 3 heteroatoms. The van der Waals surface area contributed by atoms with Gasteiger partial charge in [-0.25, -0.2) is 0 Å². The number of pyridine rings is 1. The highest BCUT2D eigenvalue weighted by molar-refractivity contribution is 9.10. The van der Waals surface area contributed by atoms with Gasteiger partial charge in [-0.05, 0) is 71.9 Å². The first-order valence-electron chi connectivity index (χ1n) is 6.57. The summed E-state index contributed by atoms with van der Waals surface area (Å²) < 4.78 is 1.08. The van der Waals surface area contributed by atoms with Crippen LogP contribution in [-0.4, -0.2) is 18.1 Å². The molecule has 18 heavy (non-hydrogen) atoms. The van der Waals surface area contributed by atoms with Crippen molar-refractivity contribution < 1.29 is 0 Å². The van der Waals surface area contributed by atoms with Crippen LogP contribution >= 0.6 is 15.9 Å². The van der Waals surface area contributed by atoms with Gasteiger partial charge in [0.1, 0.15) is 0 Å². The Kier molecular flexibility index (Phi) is 3.62. The number of hydrogen-bond acceptors (Lipinski definition) is 2. The van der Waals surface area contributed by atoms with Crippen molar-refractivity contribution >= 4 is 26.8 Å². The van der Waals surface area contributed by atoms with Crippen LogP contribution in [0.2, 0.25) is 0 Å². The van der Waals surface area contributed by atoms with Gasteiger partial charge >= 0.3 is 0 Å². The van der Waals surface area contributed by atoms with Crippen molar-refractivity contribution in [2.24, 2.45) is 5.92 Å². The van der Waals surface area contributed by atoms with Gasteiger partial charge in [-0.15, -0.1) is 0 Å². The Balaban J connectivity index is 1.84. The van der Waals surface area contributed by atoms with Gasteiger partial charge in [-0.2, -0.15) is 0 Å². The fourth-order valence-electron chi connectivity index (χ4n) is 2.70. The lowest BCUT2D eigenvalue weighted by atomic mass is 9.91. The van der Waals surface area contributed by atoms with Crippen molar-refractivity contribution in [3.8, 4) is 0 Å². The molecule has 0 spiro atoms. The number of piperidine rings is 1. The zero-order chi connectivity index (χ0) is 12.4. The highest BCUT2D eigenvalue weighted by atomic mass is 79.9. The molecule has 0 amide bonds. The van der Waals surface area contributed by atoms with Crippen LogP contribution in [0.4, 0.5) is 0 Å². The average molecular weight is 305 g/mol. The fourth-order valence-corrected chi connectivity index (χ4v) is 3.18. The number of aromatic nitrogens is 1. The minimum absolute atomic E-state index is 0.817. The van der Waals surface area contributed by atoms with E-state index in [0.717, 1.165) is 35.4 Å². The van der Waals surface area contributed by atoms with Crippen molar-refractivity contribution in [3.63, 3.8) is 0 Å². The molecule has 0 radical (unpaired) electrons. The summed E-state index contributed by atoms with van der Waals surface area (Å²) in [7, 11) is 0. The van der Waals surface area contributed by atoms with Gasteiger partial charge in [0.05, 0.1) is 5.52 Å². The second-order valence-electron chi connectivity index (χ2n) is 5.05. The first-order valence-corrected chi connectivity index (χ1v) is 7.36. The van der Waals surface area contributed by atoms with Gasteiger partial charge in [0.15, 0.2) is 0 Å². The molecule has 2 nitrogen and oxygen atoms in total. The lowest BCUT2D eigenvalue weighted by molar-refractivity contribution is 0.372. The van der Waals surface area contributed by atoms with Crippen LogP contribution in [0, 0.1) is 5.92 Å². The topological polar surface area (TPSA) is 24.9 Å². The summed E-state index contributed by atoms with van der Waals surface area (Å²) in [4.78, 5) is 4.58. The smallest absolute Gasteiger partial charge is 0.0844 e. The third-order valence-electron chi connectivity index (χ3n) is 3.70. The number of nitrogens with one attached hydrogen (secondary N) is 1. The Morgan fingerprint density at radius 2 is 2.11 bits per heavy atom. The molecule has 1 aromatic heterocycles. The second-order valence-corrected chi connectivity index (χ2v) is 5.91. The molecule has 1 aromatic carbocycles. The lowest BCUT2D eigenvalue weighted by Gasteiger charge is -2.22. The molecule has 0 unspecified atom stereocenters. The highest BCUT2D eigenvalue weighted by Gasteiger charge is 2.14. The normalized spacial score (nSPS) is 17.2. The molecule has 0 saturated carbocycles. The molecule has 94 valence electrons. The minimum atomic E-state index is 0.817. The van der Waals surface area contributed by atoms with Crippen LogP contribution < -0.4 is 5.32 Å². The van der Waals surface area contributed by atoms with E-state index in [4.69, 9.17) is 0 Å². The summed E-state index contributed by atoms with van der Waals surface area (Å²) in [6, 6.07) is 8.54. The lowest BCUT2D eigenvalue weighted by Crippen LogP contribution is -2.28. The van der Waals surface area contributed by atoms with Gasteiger partial charge in [-0.1, -0.05) is 12.1 Å². The zero-order valence-corrected chi connectivity index (χ0v) is 11.9. The molecular weight excluding hydrogens is 288 g/mol. The second kappa shape index (κ2) is 5.37. The Bertz CT molecular complexity index is 547. The summed E-state index contributed by atoms with van der Waals surface area (Å²) in [5.41, 5.74) is 2.43. The van der Waals surface area contributed by atoms with Gasteiger partial charge < -0.3 is 5.32 Å². The summed E-state index contributed by atoms with van der Waals surface area (Å²) >= 11 is 3.55. The van der Waals surface area contributed by atoms with Crippen molar-refractivity contribution in [3.05, 3.63) is 40.5 Å². The van der Waals surface area contributed by atoms with E-state index in [0.29, 0.717) is 0 Å². The van der Waals surface area contributed by atoms with Crippen molar-refractivity contribution in [2.45, 2.75) is 19.3 Å². The maximum Gasteiger partial charge on any atom is 0.0844 e. The van der Waals surface area contributed by atoms with E-state index in [2.05, 4.69) is 44.4 Å². The minimum Gasteiger partial charge on any atom is -0.317 e. The number of para-hydroxylation sites is 1. The van der Waals surface area contributed by atoms with E-state index in [-0.39, 0.29) is 0 Å². The predicted molar refractivity (Wildman–Crippen MR) is 78.7 cm³/mol. The molecule has 1 fully saturated rings. The molecular formula is C15H17BrN2. The Hall–Kier alpha value is -0.930. The molecule has 1 aliphatic heterocycles. The number of benzene rings is 1. The number of nitrogens with zero attached hydrogens (tertiary/aromatic N) is 1. The highest BCUT2D eigenvalue weighted by Crippen LogP contribution is 2.24. The third kappa shape index (κ3) is 2.57. The quantitative estimate of drug-likeness (QED) is 0.918. The maximum atomic E-state index is 4.58. The third-order valence-corrected chi connectivity index (χ3v) is 4.34. The molecule has 0 aliphatic carbocycles. The van der Waals surface area contributed by atoms with E-state index < -0.39 is 0 Å². The average Bonchev–Trinajstić information content (AvgIpc) is 2.40. The van der Waals surface area contributed by atoms with E-state index in [1.165, 1.54) is 23.8 Å². The van der Waals surface area contributed by atoms with Crippen LogP contribution in [-0.2, 0) is 6.42 Å². The Morgan fingerprint density at radius 3 is 2.94 bits per heavy atom. The van der Waals surface area contributed by atoms with Gasteiger partial charge in [0.25, 0.3) is 0 Å². The van der Waals surface area contributed by atoms with Crippen LogP contribution in [0.3, 0.4) is 0 Å². The Labute approximate surface area is 116 Å². The predicted octanol–water partition coefficient (Wildman–Crippen LogP) is 3.54. The Morgan fingerprint density at radius 1 is 1.28 bits per heavy atom. The zero-order valence-electron chi connectivity index (χ0n) is 10.3. The first-order chi connectivity index (χ1) is 8.83. The summed E-state index contributed by atoms with van der Waals surface area (Å²) in [5.74, 6) is 0.817. The molecule has 1 aliphatic rings. The molecule has 0 bridgehead atoms. The number of hydrogen-bond donors (Lipinski definition) is 1. The molecule has 1 saturated heterocycles. The first kappa shape index (κ1) is 12.1. The SMILES string of the molecule is Brc1cccc2cc(CC3CCNCC3)cnc12. The maximum absolute atomic E-state index is 4.58. The molecule has 2 heterocycles. The van der Waals surface area contributed by atoms with Gasteiger partial charge in [-0.3, -0.25) is 4.98 Å². The van der Waals surface area contributed by atoms with Crippen LogP contribution in [0.1, 0.15) is 18.4 Å². The molecule has 2 aromatic rings. The van der Waals surface area contributed by atoms with Crippen LogP contribution in [0.15, 0.2) is 34.9 Å². The number of rotatable bonds is 2. The summed E-state index contributed by atoms with van der Waals surface area (Å²) in [5, 5.41) is 4.65. The van der Waals surface area contributed by atoms with Crippen molar-refractivity contribution in [1.82, 2.24) is 10.3 Å². The largest absolute Gasteiger partial charge is 0.317 e. The van der Waals surface area contributed by atoms with Crippen LogP contribution in [0.25, 0.3) is 10.9 Å². The number of fused-ring (bicyclic) bond motifs is 1. The molecule has 0 atom stereocenters. The fraction of sp³-hybridized carbons (Fsp3) is 0.400. The summed E-state index contributed by atoms with van der Waals surface area (Å²) in [6.07, 6.45) is 5.78. The van der Waals surface area contributed by atoms with E-state index in [9.17, 15) is 0 Å². The standard InChI is InChI=1S/C15H17BrN2/c16-14-3-1-2-13-9-12(10-18-15(13)14)8-11-4-6-17-7-5-11/h1-3,9-11,17H,4-8H2. The monoisotopic (exact) mass is 304 g/mol. The molecule has 1 N–H and O–H groups in total. The van der Waals surface area contributed by atoms with Crippen molar-refractivity contribution in [2.75, 3.05) is 13.1 Å². The van der Waals surface area contributed by atoms with Gasteiger partial charge in [0.2, 0.25) is 0 Å². The van der Waals surface area contributed by atoms with Crippen LogP contribution in [0.5, 0.6) is 0 Å². The van der Waals surface area contributed by atoms with Gasteiger partial charge in [0, 0.05) is 16.1 Å². The summed E-state index contributed by atoms with van der Waals surface area (Å²) in [6.45, 7) is 2.33. The van der Waals surface area contributed by atoms with E-state index >= 15 is 0 Å². The van der Waals surface area contributed by atoms with Crippen molar-refractivity contribution in [1.29, 1.82) is 0 Å². The number of halogens is 1. The van der Waals surface area contributed by atoms with E-state index in [1.54, 1.807) is 0 Å².